The zero-order chi connectivity index (χ0) is 43.3. The Bertz CT molecular complexity index is 4190. The molecule has 4 heteroatoms. The van der Waals surface area contributed by atoms with Crippen molar-refractivity contribution in [2.24, 2.45) is 0 Å². The Kier molecular flexibility index (Phi) is 7.95. The van der Waals surface area contributed by atoms with Crippen LogP contribution in [-0.4, -0.2) is 4.57 Å². The summed E-state index contributed by atoms with van der Waals surface area (Å²) in [6, 6.07) is 82.7. The van der Waals surface area contributed by atoms with Gasteiger partial charge in [0, 0.05) is 65.7 Å². The Morgan fingerprint density at radius 2 is 0.848 bits per heavy atom. The van der Waals surface area contributed by atoms with Crippen LogP contribution in [0.25, 0.3) is 115 Å². The summed E-state index contributed by atoms with van der Waals surface area (Å²) in [7, 11) is 0. The fourth-order valence-electron chi connectivity index (χ4n) is 10.7. The van der Waals surface area contributed by atoms with E-state index in [2.05, 4.69) is 240 Å². The second-order valence-electron chi connectivity index (χ2n) is 17.2. The summed E-state index contributed by atoms with van der Waals surface area (Å²) in [6.07, 6.45) is 0. The predicted molar refractivity (Wildman–Crippen MR) is 276 cm³/mol. The van der Waals surface area contributed by atoms with Gasteiger partial charge in [-0.3, -0.25) is 0 Å². The van der Waals surface area contributed by atoms with Crippen LogP contribution in [0.3, 0.4) is 0 Å². The number of benzene rings is 11. The van der Waals surface area contributed by atoms with Crippen molar-refractivity contribution < 1.29 is 8.83 Å². The van der Waals surface area contributed by atoms with Gasteiger partial charge in [-0.2, -0.15) is 0 Å². The number of rotatable bonds is 6. The lowest BCUT2D eigenvalue weighted by Crippen LogP contribution is -2.12. The lowest BCUT2D eigenvalue weighted by atomic mass is 9.95. The van der Waals surface area contributed by atoms with Crippen molar-refractivity contribution >= 4 is 104 Å². The Hall–Kier alpha value is -8.86. The average Bonchev–Trinajstić information content (AvgIpc) is 4.07. The van der Waals surface area contributed by atoms with Gasteiger partial charge in [0.15, 0.2) is 0 Å². The highest BCUT2D eigenvalue weighted by molar-refractivity contribution is 6.21. The molecule has 0 aliphatic rings. The van der Waals surface area contributed by atoms with Gasteiger partial charge >= 0.3 is 0 Å². The van der Waals surface area contributed by atoms with Crippen molar-refractivity contribution in [3.05, 3.63) is 231 Å². The molecule has 0 bridgehead atoms. The number of hydrogen-bond donors (Lipinski definition) is 0. The van der Waals surface area contributed by atoms with E-state index >= 15 is 0 Å². The number of hydrogen-bond acceptors (Lipinski definition) is 3. The normalized spacial score (nSPS) is 11.9. The molecule has 14 rings (SSSR count). The SMILES string of the molecule is c1cc(N(c2ccc(-c3cccc4oc5c6ccccc6ccc5c34)cc2)c2ccccc2-c2cccc3oc4c5ccccc5ccc4c23)cc(-n2c3ccccc3c3ccccc32)c1. The first-order valence-electron chi connectivity index (χ1n) is 22.5. The third-order valence-corrected chi connectivity index (χ3v) is 13.6. The maximum Gasteiger partial charge on any atom is 0.143 e. The highest BCUT2D eigenvalue weighted by Crippen LogP contribution is 2.47. The Morgan fingerprint density at radius 3 is 1.50 bits per heavy atom. The van der Waals surface area contributed by atoms with Crippen molar-refractivity contribution in [2.45, 2.75) is 0 Å². The summed E-state index contributed by atoms with van der Waals surface area (Å²) < 4.78 is 15.7. The summed E-state index contributed by atoms with van der Waals surface area (Å²) in [5, 5.41) is 11.5. The van der Waals surface area contributed by atoms with E-state index < -0.39 is 0 Å². The monoisotopic (exact) mass is 842 g/mol. The molecule has 0 radical (unpaired) electrons. The van der Waals surface area contributed by atoms with Gasteiger partial charge in [0.25, 0.3) is 0 Å². The minimum atomic E-state index is 0.867. The number of furan rings is 2. The molecule has 0 unspecified atom stereocenters. The summed E-state index contributed by atoms with van der Waals surface area (Å²) >= 11 is 0. The number of aromatic nitrogens is 1. The first-order chi connectivity index (χ1) is 32.7. The number of anilines is 3. The molecule has 14 aromatic rings. The molecule has 0 atom stereocenters. The van der Waals surface area contributed by atoms with Crippen LogP contribution in [-0.2, 0) is 0 Å². The Labute approximate surface area is 379 Å². The molecule has 0 N–H and O–H groups in total. The zero-order valence-electron chi connectivity index (χ0n) is 35.7. The van der Waals surface area contributed by atoms with Crippen molar-refractivity contribution in [1.82, 2.24) is 4.57 Å². The largest absolute Gasteiger partial charge is 0.455 e. The highest BCUT2D eigenvalue weighted by Gasteiger charge is 2.23. The fraction of sp³-hybridized carbons (Fsp3) is 0. The van der Waals surface area contributed by atoms with Gasteiger partial charge in [0.1, 0.15) is 22.3 Å². The first-order valence-corrected chi connectivity index (χ1v) is 22.5. The average molecular weight is 843 g/mol. The van der Waals surface area contributed by atoms with Gasteiger partial charge in [0.2, 0.25) is 0 Å². The fourth-order valence-corrected chi connectivity index (χ4v) is 10.7. The van der Waals surface area contributed by atoms with Crippen LogP contribution < -0.4 is 4.90 Å². The summed E-state index contributed by atoms with van der Waals surface area (Å²) in [6.45, 7) is 0. The minimum Gasteiger partial charge on any atom is -0.455 e. The number of para-hydroxylation sites is 3. The standard InChI is InChI=1S/C62H38N2O2/c1-3-18-46-39(14-1)32-36-52-59-45(23-12-28-57(59)65-61(46)52)41-30-34-42(35-31-41)63(43-16-11-17-44(38-43)64-55-26-9-5-20-48(55)49-21-6-10-27-56(49)64)54-25-8-7-22-50(54)51-24-13-29-58-60(51)53-37-33-40-15-2-4-19-47(40)62(53)66-58/h1-38H. The van der Waals surface area contributed by atoms with Crippen LogP contribution in [0.2, 0.25) is 0 Å². The van der Waals surface area contributed by atoms with Crippen molar-refractivity contribution in [3.63, 3.8) is 0 Å². The molecule has 66 heavy (non-hydrogen) atoms. The van der Waals surface area contributed by atoms with E-state index in [1.807, 2.05) is 0 Å². The second-order valence-corrected chi connectivity index (χ2v) is 17.2. The summed E-state index contributed by atoms with van der Waals surface area (Å²) in [5.74, 6) is 0. The van der Waals surface area contributed by atoms with E-state index in [-0.39, 0.29) is 0 Å². The van der Waals surface area contributed by atoms with Crippen LogP contribution in [0.5, 0.6) is 0 Å². The molecule has 0 spiro atoms. The molecule has 308 valence electrons. The van der Waals surface area contributed by atoms with E-state index in [9.17, 15) is 0 Å². The predicted octanol–water partition coefficient (Wildman–Crippen LogP) is 17.7. The van der Waals surface area contributed by atoms with E-state index in [1.165, 1.54) is 27.2 Å². The number of nitrogens with zero attached hydrogens (tertiary/aromatic N) is 2. The van der Waals surface area contributed by atoms with Crippen LogP contribution in [0, 0.1) is 0 Å². The van der Waals surface area contributed by atoms with Crippen LogP contribution in [0.4, 0.5) is 17.1 Å². The topological polar surface area (TPSA) is 34.5 Å². The Balaban J connectivity index is 0.980. The van der Waals surface area contributed by atoms with Gasteiger partial charge in [-0.05, 0) is 100 Å². The van der Waals surface area contributed by atoms with E-state index in [0.29, 0.717) is 0 Å². The van der Waals surface area contributed by atoms with Crippen molar-refractivity contribution in [1.29, 1.82) is 0 Å². The lowest BCUT2D eigenvalue weighted by Gasteiger charge is -2.29. The lowest BCUT2D eigenvalue weighted by molar-refractivity contribution is 0.672. The molecule has 0 aliphatic heterocycles. The second kappa shape index (κ2) is 14.3. The van der Waals surface area contributed by atoms with E-state index in [4.69, 9.17) is 8.83 Å². The molecule has 11 aromatic carbocycles. The third-order valence-electron chi connectivity index (χ3n) is 13.6. The van der Waals surface area contributed by atoms with E-state index in [0.717, 1.165) is 105 Å². The molecule has 0 amide bonds. The molecule has 3 heterocycles. The van der Waals surface area contributed by atoms with Crippen LogP contribution in [0.15, 0.2) is 239 Å². The molecule has 3 aromatic heterocycles. The highest BCUT2D eigenvalue weighted by atomic mass is 16.3. The quantitative estimate of drug-likeness (QED) is 0.167. The van der Waals surface area contributed by atoms with E-state index in [1.54, 1.807) is 0 Å². The van der Waals surface area contributed by atoms with Gasteiger partial charge in [0.05, 0.1) is 16.7 Å². The smallest absolute Gasteiger partial charge is 0.143 e. The maximum absolute atomic E-state index is 6.73. The van der Waals surface area contributed by atoms with Crippen LogP contribution >= 0.6 is 0 Å². The summed E-state index contributed by atoms with van der Waals surface area (Å²) in [5.41, 5.74) is 14.6. The van der Waals surface area contributed by atoms with Gasteiger partial charge in [-0.15, -0.1) is 0 Å². The molecule has 0 saturated heterocycles. The number of fused-ring (bicyclic) bond motifs is 13. The molecule has 0 saturated carbocycles. The summed E-state index contributed by atoms with van der Waals surface area (Å²) in [4.78, 5) is 2.41. The molecule has 0 aliphatic carbocycles. The van der Waals surface area contributed by atoms with Gasteiger partial charge in [-0.1, -0.05) is 158 Å². The van der Waals surface area contributed by atoms with Crippen LogP contribution in [0.1, 0.15) is 0 Å². The maximum atomic E-state index is 6.73. The van der Waals surface area contributed by atoms with Gasteiger partial charge in [-0.25, -0.2) is 0 Å². The Morgan fingerprint density at radius 1 is 0.333 bits per heavy atom. The third kappa shape index (κ3) is 5.45. The van der Waals surface area contributed by atoms with Gasteiger partial charge < -0.3 is 18.3 Å². The molecule has 4 nitrogen and oxygen atoms in total. The molecular weight excluding hydrogens is 805 g/mol. The minimum absolute atomic E-state index is 0.867. The van der Waals surface area contributed by atoms with Crippen molar-refractivity contribution in [2.75, 3.05) is 4.90 Å². The molecule has 0 fully saturated rings. The van der Waals surface area contributed by atoms with Crippen molar-refractivity contribution in [3.8, 4) is 27.9 Å². The first kappa shape index (κ1) is 36.6. The molecular formula is C62H38N2O2. The zero-order valence-corrected chi connectivity index (χ0v) is 35.7.